The third-order valence-corrected chi connectivity index (χ3v) is 4.06. The molecule has 0 radical (unpaired) electrons. The molecule has 6 nitrogen and oxygen atoms in total. The van der Waals surface area contributed by atoms with Gasteiger partial charge >= 0.3 is 0 Å². The quantitative estimate of drug-likeness (QED) is 0.388. The highest BCUT2D eigenvalue weighted by Gasteiger charge is 2.10. The molecule has 24 heavy (non-hydrogen) atoms. The molecule has 0 saturated heterocycles. The molecule has 1 aromatic carbocycles. The Morgan fingerprint density at radius 1 is 1.33 bits per heavy atom. The molecule has 0 aliphatic carbocycles. The topological polar surface area (TPSA) is 67.1 Å². The lowest BCUT2D eigenvalue weighted by Crippen LogP contribution is -2.38. The van der Waals surface area contributed by atoms with E-state index in [4.69, 9.17) is 23.2 Å². The van der Waals surface area contributed by atoms with Crippen molar-refractivity contribution in [2.75, 3.05) is 6.54 Å². The molecule has 0 fully saturated rings. The fraction of sp³-hybridized carbons (Fsp3) is 0.400. The van der Waals surface area contributed by atoms with Gasteiger partial charge in [-0.1, -0.05) is 29.3 Å². The Morgan fingerprint density at radius 2 is 2.08 bits per heavy atom. The summed E-state index contributed by atoms with van der Waals surface area (Å²) in [5.74, 6) is 1.50. The number of benzene rings is 1. The van der Waals surface area contributed by atoms with E-state index in [2.05, 4.69) is 25.7 Å². The molecule has 0 aliphatic heterocycles. The van der Waals surface area contributed by atoms with Gasteiger partial charge in [0.1, 0.15) is 18.7 Å². The summed E-state index contributed by atoms with van der Waals surface area (Å²) in [4.78, 5) is 8.70. The van der Waals surface area contributed by atoms with Crippen LogP contribution in [0.2, 0.25) is 10.0 Å². The maximum Gasteiger partial charge on any atom is 0.192 e. The molecule has 1 heterocycles. The summed E-state index contributed by atoms with van der Waals surface area (Å²) in [6, 6.07) is 5.62. The van der Waals surface area contributed by atoms with Crippen LogP contribution < -0.4 is 10.6 Å². The molecule has 1 aromatic heterocycles. The Labute approximate surface area is 169 Å². The van der Waals surface area contributed by atoms with E-state index in [-0.39, 0.29) is 30.0 Å². The first kappa shape index (κ1) is 21.0. The molecule has 9 heteroatoms. The largest absolute Gasteiger partial charge is 0.357 e. The zero-order valence-electron chi connectivity index (χ0n) is 13.8. The standard InChI is InChI=1S/C15H20Cl2N6.HI/c1-4-18-15(19-8-14-20-9-21-23(14)3)22-10(2)11-5-6-12(16)13(17)7-11;/h5-7,9-10H,4,8H2,1-3H3,(H2,18,19,22);1H. The second-order valence-electron chi connectivity index (χ2n) is 5.03. The van der Waals surface area contributed by atoms with Crippen LogP contribution in [0.4, 0.5) is 0 Å². The highest BCUT2D eigenvalue weighted by molar-refractivity contribution is 14.0. The molecule has 0 aliphatic rings. The van der Waals surface area contributed by atoms with Gasteiger partial charge in [-0.05, 0) is 31.5 Å². The molecule has 0 saturated carbocycles. The first-order valence-electron chi connectivity index (χ1n) is 7.34. The molecule has 0 bridgehead atoms. The molecule has 0 amide bonds. The van der Waals surface area contributed by atoms with Gasteiger partial charge in [-0.15, -0.1) is 24.0 Å². The SMILES string of the molecule is CCNC(=NCc1ncnn1C)NC(C)c1ccc(Cl)c(Cl)c1.I. The monoisotopic (exact) mass is 482 g/mol. The van der Waals surface area contributed by atoms with E-state index in [1.807, 2.05) is 33.0 Å². The Hall–Kier alpha value is -1.06. The van der Waals surface area contributed by atoms with Crippen LogP contribution >= 0.6 is 47.2 Å². The number of hydrogen-bond donors (Lipinski definition) is 2. The van der Waals surface area contributed by atoms with Crippen LogP contribution in [-0.4, -0.2) is 27.3 Å². The van der Waals surface area contributed by atoms with Crippen molar-refractivity contribution in [3.63, 3.8) is 0 Å². The fourth-order valence-electron chi connectivity index (χ4n) is 2.00. The number of halogens is 3. The molecular weight excluding hydrogens is 462 g/mol. The van der Waals surface area contributed by atoms with Gasteiger partial charge in [-0.2, -0.15) is 5.10 Å². The normalized spacial score (nSPS) is 12.5. The number of guanidine groups is 1. The van der Waals surface area contributed by atoms with Gasteiger partial charge in [-0.3, -0.25) is 4.68 Å². The molecule has 1 unspecified atom stereocenters. The number of nitrogens with zero attached hydrogens (tertiary/aromatic N) is 4. The average molecular weight is 483 g/mol. The van der Waals surface area contributed by atoms with Crippen molar-refractivity contribution in [3.05, 3.63) is 46.0 Å². The predicted molar refractivity (Wildman–Crippen MR) is 109 cm³/mol. The molecule has 2 aromatic rings. The third kappa shape index (κ3) is 5.78. The van der Waals surface area contributed by atoms with Crippen molar-refractivity contribution in [2.45, 2.75) is 26.4 Å². The lowest BCUT2D eigenvalue weighted by molar-refractivity contribution is 0.672. The smallest absolute Gasteiger partial charge is 0.192 e. The molecule has 1 atom stereocenters. The van der Waals surface area contributed by atoms with Gasteiger partial charge in [0.15, 0.2) is 5.96 Å². The summed E-state index contributed by atoms with van der Waals surface area (Å²) in [7, 11) is 1.84. The molecule has 132 valence electrons. The molecule has 2 rings (SSSR count). The summed E-state index contributed by atoms with van der Waals surface area (Å²) < 4.78 is 1.70. The van der Waals surface area contributed by atoms with Crippen molar-refractivity contribution in [1.29, 1.82) is 0 Å². The van der Waals surface area contributed by atoms with Gasteiger partial charge in [0.05, 0.1) is 16.1 Å². The van der Waals surface area contributed by atoms with Crippen LogP contribution in [0.5, 0.6) is 0 Å². The lowest BCUT2D eigenvalue weighted by Gasteiger charge is -2.18. The lowest BCUT2D eigenvalue weighted by atomic mass is 10.1. The second-order valence-corrected chi connectivity index (χ2v) is 5.85. The van der Waals surface area contributed by atoms with E-state index < -0.39 is 0 Å². The van der Waals surface area contributed by atoms with Crippen LogP contribution in [0.3, 0.4) is 0 Å². The number of nitrogens with one attached hydrogen (secondary N) is 2. The Bertz CT molecular complexity index is 688. The van der Waals surface area contributed by atoms with Gasteiger partial charge in [0.25, 0.3) is 0 Å². The minimum atomic E-state index is 0. The third-order valence-electron chi connectivity index (χ3n) is 3.32. The number of aliphatic imine (C=N–C) groups is 1. The van der Waals surface area contributed by atoms with Crippen LogP contribution in [0.1, 0.15) is 31.3 Å². The van der Waals surface area contributed by atoms with Crippen LogP contribution in [0, 0.1) is 0 Å². The van der Waals surface area contributed by atoms with Crippen molar-refractivity contribution >= 4 is 53.1 Å². The van der Waals surface area contributed by atoms with Crippen LogP contribution in [0.15, 0.2) is 29.5 Å². The van der Waals surface area contributed by atoms with Crippen molar-refractivity contribution in [2.24, 2.45) is 12.0 Å². The maximum absolute atomic E-state index is 6.08. The Kier molecular flexibility index (Phi) is 8.79. The molecule has 2 N–H and O–H groups in total. The highest BCUT2D eigenvalue weighted by atomic mass is 127. The van der Waals surface area contributed by atoms with Gasteiger partial charge in [-0.25, -0.2) is 9.98 Å². The minimum Gasteiger partial charge on any atom is -0.357 e. The number of aromatic nitrogens is 3. The van der Waals surface area contributed by atoms with Gasteiger partial charge in [0.2, 0.25) is 0 Å². The summed E-state index contributed by atoms with van der Waals surface area (Å²) >= 11 is 12.0. The van der Waals surface area contributed by atoms with Crippen molar-refractivity contribution in [3.8, 4) is 0 Å². The zero-order valence-corrected chi connectivity index (χ0v) is 17.6. The zero-order chi connectivity index (χ0) is 16.8. The summed E-state index contributed by atoms with van der Waals surface area (Å²) in [6.07, 6.45) is 1.52. The number of hydrogen-bond acceptors (Lipinski definition) is 3. The van der Waals surface area contributed by atoms with E-state index >= 15 is 0 Å². The highest BCUT2D eigenvalue weighted by Crippen LogP contribution is 2.25. The van der Waals surface area contributed by atoms with Crippen molar-refractivity contribution < 1.29 is 0 Å². The van der Waals surface area contributed by atoms with Gasteiger partial charge in [0, 0.05) is 13.6 Å². The molecule has 0 spiro atoms. The maximum atomic E-state index is 6.08. The van der Waals surface area contributed by atoms with Crippen LogP contribution in [0.25, 0.3) is 0 Å². The Balaban J connectivity index is 0.00000288. The van der Waals surface area contributed by atoms with Crippen LogP contribution in [-0.2, 0) is 13.6 Å². The average Bonchev–Trinajstić information content (AvgIpc) is 2.93. The van der Waals surface area contributed by atoms with Crippen molar-refractivity contribution in [1.82, 2.24) is 25.4 Å². The van der Waals surface area contributed by atoms with Gasteiger partial charge < -0.3 is 10.6 Å². The Morgan fingerprint density at radius 3 is 2.67 bits per heavy atom. The molecular formula is C15H21Cl2IN6. The summed E-state index contributed by atoms with van der Waals surface area (Å²) in [6.45, 7) is 5.26. The van der Waals surface area contributed by atoms with E-state index in [9.17, 15) is 0 Å². The van der Waals surface area contributed by atoms with E-state index in [1.54, 1.807) is 10.7 Å². The summed E-state index contributed by atoms with van der Waals surface area (Å²) in [5, 5.41) is 11.7. The van der Waals surface area contributed by atoms with E-state index in [0.717, 1.165) is 17.9 Å². The predicted octanol–water partition coefficient (Wildman–Crippen LogP) is 3.56. The summed E-state index contributed by atoms with van der Waals surface area (Å²) in [5.41, 5.74) is 1.03. The first-order valence-corrected chi connectivity index (χ1v) is 8.09. The minimum absolute atomic E-state index is 0. The number of rotatable bonds is 5. The van der Waals surface area contributed by atoms with E-state index in [1.165, 1.54) is 6.33 Å². The fourth-order valence-corrected chi connectivity index (χ4v) is 2.31. The first-order chi connectivity index (χ1) is 11.0. The second kappa shape index (κ2) is 10.0. The number of aryl methyl sites for hydroxylation is 1. The van der Waals surface area contributed by atoms with E-state index in [0.29, 0.717) is 22.5 Å².